The summed E-state index contributed by atoms with van der Waals surface area (Å²) in [6.45, 7) is 0. The molecule has 0 aliphatic heterocycles. The molecule has 126 valence electrons. The van der Waals surface area contributed by atoms with Gasteiger partial charge in [0, 0.05) is 17.3 Å². The van der Waals surface area contributed by atoms with Crippen LogP contribution in [0.2, 0.25) is 0 Å². The van der Waals surface area contributed by atoms with Gasteiger partial charge in [-0.25, -0.2) is 0 Å². The summed E-state index contributed by atoms with van der Waals surface area (Å²) < 4.78 is 0. The monoisotopic (exact) mass is 335 g/mol. The third kappa shape index (κ3) is 2.43. The predicted octanol–water partition coefficient (Wildman–Crippen LogP) is 5.60. The van der Waals surface area contributed by atoms with Gasteiger partial charge in [-0.2, -0.15) is 0 Å². The van der Waals surface area contributed by atoms with Crippen LogP contribution in [0.5, 0.6) is 0 Å². The van der Waals surface area contributed by atoms with Crippen LogP contribution < -0.4 is 0 Å². The van der Waals surface area contributed by atoms with Crippen molar-refractivity contribution < 1.29 is 0 Å². The molecule has 0 N–H and O–H groups in total. The lowest BCUT2D eigenvalue weighted by molar-refractivity contribution is 0.0377. The highest BCUT2D eigenvalue weighted by atomic mass is 14.7. The molecular weight excluding hydrogens is 313 g/mol. The third-order valence-corrected chi connectivity index (χ3v) is 6.58. The fourth-order valence-corrected chi connectivity index (χ4v) is 5.00. The first-order valence-corrected chi connectivity index (χ1v) is 9.66. The van der Waals surface area contributed by atoms with Crippen molar-refractivity contribution in [2.24, 2.45) is 11.8 Å². The van der Waals surface area contributed by atoms with E-state index >= 15 is 0 Å². The lowest BCUT2D eigenvalue weighted by Gasteiger charge is -2.59. The number of rotatable bonds is 3. The second kappa shape index (κ2) is 6.12. The first-order chi connectivity index (χ1) is 12.7. The zero-order valence-corrected chi connectivity index (χ0v) is 14.9. The SMILES string of the molecule is [B]C1(c2ccc(-c3ccc(-c4ccccc4)nc3)cc2)C2CCCC1C2. The highest BCUT2D eigenvalue weighted by molar-refractivity contribution is 6.17. The van der Waals surface area contributed by atoms with Crippen LogP contribution in [0, 0.1) is 11.8 Å². The predicted molar refractivity (Wildman–Crippen MR) is 108 cm³/mol. The average molecular weight is 335 g/mol. The summed E-state index contributed by atoms with van der Waals surface area (Å²) in [4.78, 5) is 4.65. The standard InChI is InChI=1S/C24H22BN/c25-24(21-7-4-8-22(24)15-21)20-12-9-17(10-13-20)19-11-14-23(26-16-19)18-5-2-1-3-6-18/h1-3,5-6,9-14,16,21-22H,4,7-8,15H2. The molecule has 2 aliphatic rings. The first-order valence-electron chi connectivity index (χ1n) is 9.66. The van der Waals surface area contributed by atoms with Gasteiger partial charge in [0.25, 0.3) is 0 Å². The van der Waals surface area contributed by atoms with Crippen molar-refractivity contribution in [2.45, 2.75) is 31.0 Å². The number of benzene rings is 2. The molecule has 2 saturated carbocycles. The molecule has 0 amide bonds. The van der Waals surface area contributed by atoms with Crippen LogP contribution in [0.3, 0.4) is 0 Å². The molecule has 1 aromatic heterocycles. The minimum Gasteiger partial charge on any atom is -0.256 e. The summed E-state index contributed by atoms with van der Waals surface area (Å²) in [5.41, 5.74) is 5.83. The van der Waals surface area contributed by atoms with E-state index in [-0.39, 0.29) is 5.31 Å². The Hall–Kier alpha value is -2.35. The van der Waals surface area contributed by atoms with Crippen molar-refractivity contribution in [1.29, 1.82) is 0 Å². The fraction of sp³-hybridized carbons (Fsp3) is 0.292. The number of hydrogen-bond donors (Lipinski definition) is 0. The molecule has 0 spiro atoms. The molecule has 26 heavy (non-hydrogen) atoms. The molecule has 2 atom stereocenters. The summed E-state index contributed by atoms with van der Waals surface area (Å²) in [5.74, 6) is 1.36. The Kier molecular flexibility index (Phi) is 3.74. The summed E-state index contributed by atoms with van der Waals surface area (Å²) >= 11 is 0. The maximum atomic E-state index is 6.83. The molecule has 1 nitrogen and oxygen atoms in total. The second-order valence-electron chi connectivity index (χ2n) is 7.87. The molecule has 2 unspecified atom stereocenters. The van der Waals surface area contributed by atoms with Gasteiger partial charge in [-0.3, -0.25) is 4.98 Å². The van der Waals surface area contributed by atoms with Crippen molar-refractivity contribution >= 4 is 7.85 Å². The van der Waals surface area contributed by atoms with E-state index in [0.29, 0.717) is 11.8 Å². The number of pyridine rings is 1. The summed E-state index contributed by atoms with van der Waals surface area (Å²) in [5, 5.41) is -0.0772. The van der Waals surface area contributed by atoms with Crippen LogP contribution in [0.25, 0.3) is 22.4 Å². The molecule has 2 aliphatic carbocycles. The third-order valence-electron chi connectivity index (χ3n) is 6.58. The summed E-state index contributed by atoms with van der Waals surface area (Å²) in [6, 6.07) is 23.4. The van der Waals surface area contributed by atoms with Gasteiger partial charge in [0.15, 0.2) is 0 Å². The summed E-state index contributed by atoms with van der Waals surface area (Å²) in [6.07, 6.45) is 7.22. The maximum Gasteiger partial charge on any atom is 0.0818 e. The molecule has 2 fully saturated rings. The van der Waals surface area contributed by atoms with Gasteiger partial charge in [-0.15, -0.1) is 0 Å². The smallest absolute Gasteiger partial charge is 0.0818 e. The highest BCUT2D eigenvalue weighted by Gasteiger charge is 2.53. The van der Waals surface area contributed by atoms with Gasteiger partial charge in [0.05, 0.1) is 13.5 Å². The van der Waals surface area contributed by atoms with Crippen LogP contribution in [-0.2, 0) is 5.31 Å². The number of nitrogens with zero attached hydrogens (tertiary/aromatic N) is 1. The Morgan fingerprint density at radius 1 is 0.769 bits per heavy atom. The molecule has 0 saturated heterocycles. The zero-order chi connectivity index (χ0) is 17.6. The molecule has 2 bridgehead atoms. The Bertz CT molecular complexity index is 885. The molecule has 2 heteroatoms. The van der Waals surface area contributed by atoms with E-state index in [1.54, 1.807) is 0 Å². The topological polar surface area (TPSA) is 12.9 Å². The first kappa shape index (κ1) is 15.9. The van der Waals surface area contributed by atoms with Gasteiger partial charge in [-0.1, -0.05) is 79.9 Å². The maximum absolute atomic E-state index is 6.83. The van der Waals surface area contributed by atoms with E-state index in [0.717, 1.165) is 16.8 Å². The Morgan fingerprint density at radius 2 is 1.46 bits per heavy atom. The van der Waals surface area contributed by atoms with Crippen LogP contribution in [0.4, 0.5) is 0 Å². The van der Waals surface area contributed by atoms with Crippen molar-refractivity contribution in [3.05, 3.63) is 78.5 Å². The second-order valence-corrected chi connectivity index (χ2v) is 7.87. The molecule has 3 aromatic rings. The lowest BCUT2D eigenvalue weighted by Crippen LogP contribution is -2.55. The summed E-state index contributed by atoms with van der Waals surface area (Å²) in [7, 11) is 6.83. The Labute approximate surface area is 156 Å². The van der Waals surface area contributed by atoms with Crippen molar-refractivity contribution in [1.82, 2.24) is 4.98 Å². The number of fused-ring (bicyclic) bond motifs is 2. The van der Waals surface area contributed by atoms with E-state index in [1.165, 1.54) is 36.8 Å². The fourth-order valence-electron chi connectivity index (χ4n) is 5.00. The molecule has 5 rings (SSSR count). The van der Waals surface area contributed by atoms with E-state index in [4.69, 9.17) is 7.85 Å². The van der Waals surface area contributed by atoms with Gasteiger partial charge < -0.3 is 0 Å². The van der Waals surface area contributed by atoms with Gasteiger partial charge in [0.2, 0.25) is 0 Å². The van der Waals surface area contributed by atoms with Crippen molar-refractivity contribution in [3.8, 4) is 22.4 Å². The van der Waals surface area contributed by atoms with Gasteiger partial charge in [-0.05, 0) is 40.8 Å². The minimum absolute atomic E-state index is 0.0772. The van der Waals surface area contributed by atoms with E-state index in [1.807, 2.05) is 24.4 Å². The van der Waals surface area contributed by atoms with E-state index in [9.17, 15) is 0 Å². The number of aromatic nitrogens is 1. The largest absolute Gasteiger partial charge is 0.256 e. The average Bonchev–Trinajstić information content (AvgIpc) is 2.74. The van der Waals surface area contributed by atoms with Gasteiger partial charge in [0.1, 0.15) is 0 Å². The van der Waals surface area contributed by atoms with Crippen molar-refractivity contribution in [2.75, 3.05) is 0 Å². The van der Waals surface area contributed by atoms with Crippen LogP contribution in [0.1, 0.15) is 31.2 Å². The Balaban J connectivity index is 1.40. The van der Waals surface area contributed by atoms with Crippen molar-refractivity contribution in [3.63, 3.8) is 0 Å². The molecule has 2 radical (unpaired) electrons. The number of hydrogen-bond acceptors (Lipinski definition) is 1. The zero-order valence-electron chi connectivity index (χ0n) is 14.9. The van der Waals surface area contributed by atoms with E-state index < -0.39 is 0 Å². The molecule has 2 aromatic carbocycles. The minimum atomic E-state index is -0.0772. The molecular formula is C24H22BN. The van der Waals surface area contributed by atoms with Gasteiger partial charge >= 0.3 is 0 Å². The van der Waals surface area contributed by atoms with Crippen LogP contribution >= 0.6 is 0 Å². The van der Waals surface area contributed by atoms with Crippen LogP contribution in [-0.4, -0.2) is 12.8 Å². The van der Waals surface area contributed by atoms with E-state index in [2.05, 4.69) is 53.5 Å². The quantitative estimate of drug-likeness (QED) is 0.568. The Morgan fingerprint density at radius 3 is 2.08 bits per heavy atom. The normalized spacial score (nSPS) is 26.9. The van der Waals surface area contributed by atoms with Crippen LogP contribution in [0.15, 0.2) is 72.9 Å². The lowest BCUT2D eigenvalue weighted by atomic mass is 9.37. The highest BCUT2D eigenvalue weighted by Crippen LogP contribution is 2.58. The molecule has 1 heterocycles.